The molecular weight excluding hydrogens is 279 g/mol. The van der Waals surface area contributed by atoms with Gasteiger partial charge in [-0.2, -0.15) is 18.4 Å². The second kappa shape index (κ2) is 5.21. The number of benzene rings is 1. The molecule has 0 bridgehead atoms. The molecule has 0 N–H and O–H groups in total. The SMILES string of the molecule is Cc1ccc(C)c(S(=O)(=O)CC(C#N)C(F)(F)F)c1. The van der Waals surface area contributed by atoms with Crippen molar-refractivity contribution < 1.29 is 21.6 Å². The number of rotatable bonds is 3. The molecule has 0 spiro atoms. The summed E-state index contributed by atoms with van der Waals surface area (Å²) in [6.07, 6.45) is -4.85. The average Bonchev–Trinajstić information content (AvgIpc) is 2.27. The minimum absolute atomic E-state index is 0.156. The molecule has 1 rings (SSSR count). The molecule has 0 aromatic heterocycles. The lowest BCUT2D eigenvalue weighted by Gasteiger charge is -2.14. The Morgan fingerprint density at radius 3 is 2.37 bits per heavy atom. The van der Waals surface area contributed by atoms with Gasteiger partial charge in [0.1, 0.15) is 0 Å². The van der Waals surface area contributed by atoms with Gasteiger partial charge >= 0.3 is 6.18 Å². The molecule has 7 heteroatoms. The topological polar surface area (TPSA) is 57.9 Å². The van der Waals surface area contributed by atoms with Gasteiger partial charge in [-0.05, 0) is 31.0 Å². The van der Waals surface area contributed by atoms with Crippen LogP contribution in [-0.4, -0.2) is 20.3 Å². The van der Waals surface area contributed by atoms with Crippen molar-refractivity contribution >= 4 is 9.84 Å². The van der Waals surface area contributed by atoms with Gasteiger partial charge in [-0.1, -0.05) is 12.1 Å². The lowest BCUT2D eigenvalue weighted by molar-refractivity contribution is -0.153. The summed E-state index contributed by atoms with van der Waals surface area (Å²) >= 11 is 0. The highest BCUT2D eigenvalue weighted by Crippen LogP contribution is 2.29. The molecule has 0 radical (unpaired) electrons. The summed E-state index contributed by atoms with van der Waals surface area (Å²) in [4.78, 5) is -0.156. The lowest BCUT2D eigenvalue weighted by atomic mass is 10.2. The molecular formula is C12H12F3NO2S. The first kappa shape index (κ1) is 15.5. The summed E-state index contributed by atoms with van der Waals surface area (Å²) < 4.78 is 61.3. The highest BCUT2D eigenvalue weighted by Gasteiger charge is 2.43. The zero-order valence-corrected chi connectivity index (χ0v) is 11.1. The van der Waals surface area contributed by atoms with Crippen molar-refractivity contribution in [3.63, 3.8) is 0 Å². The van der Waals surface area contributed by atoms with Crippen molar-refractivity contribution in [1.82, 2.24) is 0 Å². The molecule has 0 saturated heterocycles. The monoisotopic (exact) mass is 291 g/mol. The van der Waals surface area contributed by atoms with Crippen LogP contribution in [-0.2, 0) is 9.84 Å². The Morgan fingerprint density at radius 1 is 1.32 bits per heavy atom. The number of alkyl halides is 3. The largest absolute Gasteiger partial charge is 0.405 e. The highest BCUT2D eigenvalue weighted by molar-refractivity contribution is 7.91. The van der Waals surface area contributed by atoms with Gasteiger partial charge in [0.25, 0.3) is 0 Å². The second-order valence-electron chi connectivity index (χ2n) is 4.27. The molecule has 0 aliphatic rings. The van der Waals surface area contributed by atoms with Crippen LogP contribution >= 0.6 is 0 Å². The summed E-state index contributed by atoms with van der Waals surface area (Å²) in [5.41, 5.74) is 0.995. The summed E-state index contributed by atoms with van der Waals surface area (Å²) in [6, 6.07) is 5.50. The van der Waals surface area contributed by atoms with E-state index in [1.807, 2.05) is 0 Å². The van der Waals surface area contributed by atoms with Crippen molar-refractivity contribution in [2.75, 3.05) is 5.75 Å². The maximum Gasteiger partial charge on any atom is 0.405 e. The van der Waals surface area contributed by atoms with Gasteiger partial charge < -0.3 is 0 Å². The first-order chi connectivity index (χ1) is 8.58. The van der Waals surface area contributed by atoms with Gasteiger partial charge in [-0.3, -0.25) is 0 Å². The van der Waals surface area contributed by atoms with E-state index in [2.05, 4.69) is 0 Å². The molecule has 0 amide bonds. The van der Waals surface area contributed by atoms with Crippen molar-refractivity contribution in [3.05, 3.63) is 29.3 Å². The second-order valence-corrected chi connectivity index (χ2v) is 6.28. The summed E-state index contributed by atoms with van der Waals surface area (Å²) in [7, 11) is -4.15. The molecule has 3 nitrogen and oxygen atoms in total. The van der Waals surface area contributed by atoms with Crippen LogP contribution < -0.4 is 0 Å². The highest BCUT2D eigenvalue weighted by atomic mass is 32.2. The van der Waals surface area contributed by atoms with Crippen molar-refractivity contribution in [2.45, 2.75) is 24.9 Å². The smallest absolute Gasteiger partial charge is 0.224 e. The maximum atomic E-state index is 12.5. The standard InChI is InChI=1S/C12H12F3NO2S/c1-8-3-4-9(2)11(5-8)19(17,18)7-10(6-16)12(13,14)15/h3-5,10H,7H2,1-2H3. The minimum Gasteiger partial charge on any atom is -0.224 e. The Kier molecular flexibility index (Phi) is 4.25. The Labute approximate surface area is 109 Å². The summed E-state index contributed by atoms with van der Waals surface area (Å²) in [5.74, 6) is -3.77. The predicted octanol–water partition coefficient (Wildman–Crippen LogP) is 2.78. The third-order valence-corrected chi connectivity index (χ3v) is 4.50. The number of hydrogen-bond acceptors (Lipinski definition) is 3. The van der Waals surface area contributed by atoms with E-state index < -0.39 is 27.7 Å². The molecule has 1 aromatic rings. The number of nitrogens with zero attached hydrogens (tertiary/aromatic N) is 1. The van der Waals surface area contributed by atoms with Gasteiger partial charge in [0.2, 0.25) is 0 Å². The van der Waals surface area contributed by atoms with Gasteiger partial charge in [-0.15, -0.1) is 0 Å². The van der Waals surface area contributed by atoms with Crippen molar-refractivity contribution in [2.24, 2.45) is 5.92 Å². The zero-order chi connectivity index (χ0) is 14.8. The third-order valence-electron chi connectivity index (χ3n) is 2.62. The fraction of sp³-hybridized carbons (Fsp3) is 0.417. The van der Waals surface area contributed by atoms with Gasteiger partial charge in [-0.25, -0.2) is 8.42 Å². The Hall–Kier alpha value is -1.55. The Morgan fingerprint density at radius 2 is 1.89 bits per heavy atom. The fourth-order valence-electron chi connectivity index (χ4n) is 1.56. The third kappa shape index (κ3) is 3.70. The van der Waals surface area contributed by atoms with Crippen LogP contribution in [0.1, 0.15) is 11.1 Å². The Balaban J connectivity index is 3.19. The van der Waals surface area contributed by atoms with Crippen LogP contribution in [0.2, 0.25) is 0 Å². The first-order valence-electron chi connectivity index (χ1n) is 5.34. The van der Waals surface area contributed by atoms with Crippen LogP contribution in [0.25, 0.3) is 0 Å². The van der Waals surface area contributed by atoms with E-state index in [0.29, 0.717) is 11.1 Å². The molecule has 0 aliphatic heterocycles. The van der Waals surface area contributed by atoms with E-state index in [1.54, 1.807) is 13.0 Å². The lowest BCUT2D eigenvalue weighted by Crippen LogP contribution is -2.29. The van der Waals surface area contributed by atoms with Gasteiger partial charge in [0.15, 0.2) is 15.8 Å². The first-order valence-corrected chi connectivity index (χ1v) is 6.99. The van der Waals surface area contributed by atoms with E-state index in [4.69, 9.17) is 5.26 Å². The van der Waals surface area contributed by atoms with Crippen LogP contribution in [0.4, 0.5) is 13.2 Å². The molecule has 104 valence electrons. The van der Waals surface area contributed by atoms with Crippen LogP contribution in [0.5, 0.6) is 0 Å². The van der Waals surface area contributed by atoms with Crippen LogP contribution in [0.15, 0.2) is 23.1 Å². The molecule has 0 saturated carbocycles. The van der Waals surface area contributed by atoms with Crippen molar-refractivity contribution in [1.29, 1.82) is 5.26 Å². The average molecular weight is 291 g/mol. The number of sulfone groups is 1. The fourth-order valence-corrected chi connectivity index (χ4v) is 3.36. The summed E-state index contributed by atoms with van der Waals surface area (Å²) in [6.45, 7) is 3.14. The maximum absolute atomic E-state index is 12.5. The number of aryl methyl sites for hydroxylation is 2. The van der Waals surface area contributed by atoms with E-state index in [9.17, 15) is 21.6 Å². The predicted molar refractivity (Wildman–Crippen MR) is 63.1 cm³/mol. The van der Waals surface area contributed by atoms with Gasteiger partial charge in [0.05, 0.1) is 16.7 Å². The molecule has 19 heavy (non-hydrogen) atoms. The number of nitriles is 1. The normalized spacial score (nSPS) is 13.9. The Bertz CT molecular complexity index is 615. The van der Waals surface area contributed by atoms with E-state index in [0.717, 1.165) is 6.07 Å². The van der Waals surface area contributed by atoms with Crippen LogP contribution in [0, 0.1) is 31.1 Å². The molecule has 0 heterocycles. The zero-order valence-electron chi connectivity index (χ0n) is 10.3. The molecule has 0 fully saturated rings. The van der Waals surface area contributed by atoms with Crippen LogP contribution in [0.3, 0.4) is 0 Å². The minimum atomic E-state index is -4.85. The molecule has 0 aliphatic carbocycles. The van der Waals surface area contributed by atoms with Gasteiger partial charge in [0, 0.05) is 0 Å². The van der Waals surface area contributed by atoms with E-state index >= 15 is 0 Å². The molecule has 1 aromatic carbocycles. The van der Waals surface area contributed by atoms with E-state index in [1.165, 1.54) is 19.1 Å². The number of halogens is 3. The molecule has 1 atom stereocenters. The summed E-state index contributed by atoms with van der Waals surface area (Å²) in [5, 5.41) is 8.46. The van der Waals surface area contributed by atoms with Crippen molar-refractivity contribution in [3.8, 4) is 6.07 Å². The molecule has 1 unspecified atom stereocenters. The quantitative estimate of drug-likeness (QED) is 0.860. The van der Waals surface area contributed by atoms with E-state index in [-0.39, 0.29) is 4.90 Å². The number of hydrogen-bond donors (Lipinski definition) is 0.